The average Bonchev–Trinajstić information content (AvgIpc) is 2.67. The fourth-order valence-electron chi connectivity index (χ4n) is 2.25. The molecule has 4 nitrogen and oxygen atoms in total. The number of rotatable bonds is 3. The SMILES string of the molecule is O=C1CCOCCN1CCC1CCNC1. The van der Waals surface area contributed by atoms with Gasteiger partial charge in [0.25, 0.3) is 0 Å². The van der Waals surface area contributed by atoms with E-state index in [2.05, 4.69) is 5.32 Å². The summed E-state index contributed by atoms with van der Waals surface area (Å²) in [5.74, 6) is 1.03. The van der Waals surface area contributed by atoms with Gasteiger partial charge in [-0.2, -0.15) is 0 Å². The average molecular weight is 212 g/mol. The van der Waals surface area contributed by atoms with Gasteiger partial charge in [-0.1, -0.05) is 0 Å². The molecule has 4 heteroatoms. The van der Waals surface area contributed by atoms with Gasteiger partial charge in [-0.3, -0.25) is 4.79 Å². The highest BCUT2D eigenvalue weighted by atomic mass is 16.5. The van der Waals surface area contributed by atoms with Gasteiger partial charge in [0.2, 0.25) is 5.91 Å². The van der Waals surface area contributed by atoms with Crippen LogP contribution in [0.1, 0.15) is 19.3 Å². The third kappa shape index (κ3) is 3.18. The number of amides is 1. The predicted octanol–water partition coefficient (Wildman–Crippen LogP) is 0.235. The van der Waals surface area contributed by atoms with Gasteiger partial charge in [0.15, 0.2) is 0 Å². The van der Waals surface area contributed by atoms with Crippen LogP contribution in [0.15, 0.2) is 0 Å². The molecular weight excluding hydrogens is 192 g/mol. The zero-order chi connectivity index (χ0) is 10.5. The zero-order valence-corrected chi connectivity index (χ0v) is 9.21. The second-order valence-corrected chi connectivity index (χ2v) is 4.39. The number of ether oxygens (including phenoxy) is 1. The van der Waals surface area contributed by atoms with Crippen molar-refractivity contribution in [2.24, 2.45) is 5.92 Å². The molecule has 2 fully saturated rings. The highest BCUT2D eigenvalue weighted by Crippen LogP contribution is 2.13. The first-order valence-electron chi connectivity index (χ1n) is 5.92. The molecule has 1 atom stereocenters. The summed E-state index contributed by atoms with van der Waals surface area (Å²) >= 11 is 0. The van der Waals surface area contributed by atoms with Gasteiger partial charge in [-0.05, 0) is 31.8 Å². The van der Waals surface area contributed by atoms with Crippen LogP contribution in [0.3, 0.4) is 0 Å². The molecule has 1 N–H and O–H groups in total. The molecule has 2 heterocycles. The third-order valence-electron chi connectivity index (χ3n) is 3.29. The molecule has 2 saturated heterocycles. The summed E-state index contributed by atoms with van der Waals surface area (Å²) in [6.07, 6.45) is 2.96. The summed E-state index contributed by atoms with van der Waals surface area (Å²) in [6.45, 7) is 5.25. The molecule has 0 aromatic carbocycles. The van der Waals surface area contributed by atoms with Crippen molar-refractivity contribution in [3.05, 3.63) is 0 Å². The van der Waals surface area contributed by atoms with Gasteiger partial charge >= 0.3 is 0 Å². The summed E-state index contributed by atoms with van der Waals surface area (Å²) in [5.41, 5.74) is 0. The fourth-order valence-corrected chi connectivity index (χ4v) is 2.25. The lowest BCUT2D eigenvalue weighted by Gasteiger charge is -2.21. The quantitative estimate of drug-likeness (QED) is 0.728. The smallest absolute Gasteiger partial charge is 0.224 e. The summed E-state index contributed by atoms with van der Waals surface area (Å²) in [7, 11) is 0. The Balaban J connectivity index is 1.73. The van der Waals surface area contributed by atoms with E-state index < -0.39 is 0 Å². The molecule has 0 aromatic heterocycles. The van der Waals surface area contributed by atoms with Crippen molar-refractivity contribution in [3.8, 4) is 0 Å². The molecule has 2 aliphatic rings. The van der Waals surface area contributed by atoms with Crippen LogP contribution in [-0.2, 0) is 9.53 Å². The van der Waals surface area contributed by atoms with Gasteiger partial charge < -0.3 is 15.0 Å². The summed E-state index contributed by atoms with van der Waals surface area (Å²) in [4.78, 5) is 13.6. The van der Waals surface area contributed by atoms with Crippen LogP contribution >= 0.6 is 0 Å². The molecule has 0 aromatic rings. The van der Waals surface area contributed by atoms with Crippen LogP contribution in [0.2, 0.25) is 0 Å². The monoisotopic (exact) mass is 212 g/mol. The Labute approximate surface area is 91.0 Å². The predicted molar refractivity (Wildman–Crippen MR) is 57.6 cm³/mol. The third-order valence-corrected chi connectivity index (χ3v) is 3.29. The number of nitrogens with one attached hydrogen (secondary N) is 1. The van der Waals surface area contributed by atoms with Crippen LogP contribution in [0.25, 0.3) is 0 Å². The minimum atomic E-state index is 0.262. The van der Waals surface area contributed by atoms with Crippen molar-refractivity contribution >= 4 is 5.91 Å². The summed E-state index contributed by atoms with van der Waals surface area (Å²) in [5, 5.41) is 3.36. The minimum Gasteiger partial charge on any atom is -0.379 e. The highest BCUT2D eigenvalue weighted by Gasteiger charge is 2.19. The van der Waals surface area contributed by atoms with Crippen molar-refractivity contribution in [1.29, 1.82) is 0 Å². The van der Waals surface area contributed by atoms with Crippen LogP contribution < -0.4 is 5.32 Å². The number of hydrogen-bond donors (Lipinski definition) is 1. The first-order valence-corrected chi connectivity index (χ1v) is 5.92. The largest absolute Gasteiger partial charge is 0.379 e. The Morgan fingerprint density at radius 1 is 1.47 bits per heavy atom. The Hall–Kier alpha value is -0.610. The van der Waals surface area contributed by atoms with Gasteiger partial charge in [0.05, 0.1) is 19.6 Å². The van der Waals surface area contributed by atoms with Gasteiger partial charge in [-0.15, -0.1) is 0 Å². The fraction of sp³-hybridized carbons (Fsp3) is 0.909. The number of hydrogen-bond acceptors (Lipinski definition) is 3. The maximum atomic E-state index is 11.6. The second kappa shape index (κ2) is 5.47. The van der Waals surface area contributed by atoms with Gasteiger partial charge in [0.1, 0.15) is 0 Å². The van der Waals surface area contributed by atoms with Crippen molar-refractivity contribution in [1.82, 2.24) is 10.2 Å². The van der Waals surface area contributed by atoms with Crippen LogP contribution in [0.5, 0.6) is 0 Å². The van der Waals surface area contributed by atoms with Crippen LogP contribution in [-0.4, -0.2) is 50.2 Å². The lowest BCUT2D eigenvalue weighted by molar-refractivity contribution is -0.130. The number of carbonyl (C=O) groups is 1. The Kier molecular flexibility index (Phi) is 3.97. The van der Waals surface area contributed by atoms with Crippen molar-refractivity contribution < 1.29 is 9.53 Å². The highest BCUT2D eigenvalue weighted by molar-refractivity contribution is 5.76. The van der Waals surface area contributed by atoms with E-state index in [4.69, 9.17) is 4.74 Å². The Bertz CT molecular complexity index is 215. The van der Waals surface area contributed by atoms with Gasteiger partial charge in [0, 0.05) is 13.1 Å². The molecule has 15 heavy (non-hydrogen) atoms. The standard InChI is InChI=1S/C11H20N2O2/c14-11-3-7-15-8-6-13(11)5-2-10-1-4-12-9-10/h10,12H,1-9H2. The molecule has 86 valence electrons. The first-order chi connectivity index (χ1) is 7.36. The first kappa shape index (κ1) is 10.9. The zero-order valence-electron chi connectivity index (χ0n) is 9.21. The minimum absolute atomic E-state index is 0.262. The van der Waals surface area contributed by atoms with E-state index in [0.717, 1.165) is 38.5 Å². The van der Waals surface area contributed by atoms with E-state index in [0.29, 0.717) is 19.6 Å². The van der Waals surface area contributed by atoms with Gasteiger partial charge in [-0.25, -0.2) is 0 Å². The van der Waals surface area contributed by atoms with Crippen molar-refractivity contribution in [2.75, 3.05) is 39.4 Å². The van der Waals surface area contributed by atoms with Crippen molar-refractivity contribution in [3.63, 3.8) is 0 Å². The topological polar surface area (TPSA) is 41.6 Å². The molecular formula is C11H20N2O2. The molecule has 0 radical (unpaired) electrons. The lowest BCUT2D eigenvalue weighted by Crippen LogP contribution is -2.33. The molecule has 1 amide bonds. The normalized spacial score (nSPS) is 28.1. The molecule has 1 unspecified atom stereocenters. The Morgan fingerprint density at radius 2 is 2.40 bits per heavy atom. The summed E-state index contributed by atoms with van der Waals surface area (Å²) < 4.78 is 5.29. The van der Waals surface area contributed by atoms with E-state index in [9.17, 15) is 4.79 Å². The molecule has 0 bridgehead atoms. The molecule has 0 saturated carbocycles. The van der Waals surface area contributed by atoms with Crippen LogP contribution in [0.4, 0.5) is 0 Å². The molecule has 0 spiro atoms. The van der Waals surface area contributed by atoms with E-state index in [1.54, 1.807) is 0 Å². The lowest BCUT2D eigenvalue weighted by atomic mass is 10.0. The number of carbonyl (C=O) groups excluding carboxylic acids is 1. The Morgan fingerprint density at radius 3 is 3.20 bits per heavy atom. The van der Waals surface area contributed by atoms with E-state index in [1.165, 1.54) is 6.42 Å². The van der Waals surface area contributed by atoms with Crippen LogP contribution in [0, 0.1) is 5.92 Å². The molecule has 0 aliphatic carbocycles. The van der Waals surface area contributed by atoms with Crippen molar-refractivity contribution in [2.45, 2.75) is 19.3 Å². The van der Waals surface area contributed by atoms with E-state index >= 15 is 0 Å². The second-order valence-electron chi connectivity index (χ2n) is 4.39. The summed E-state index contributed by atoms with van der Waals surface area (Å²) in [6, 6.07) is 0. The van der Waals surface area contributed by atoms with E-state index in [-0.39, 0.29) is 5.91 Å². The van der Waals surface area contributed by atoms with E-state index in [1.807, 2.05) is 4.90 Å². The molecule has 2 aliphatic heterocycles. The number of nitrogens with zero attached hydrogens (tertiary/aromatic N) is 1. The maximum absolute atomic E-state index is 11.6. The maximum Gasteiger partial charge on any atom is 0.224 e. The molecule has 2 rings (SSSR count).